The summed E-state index contributed by atoms with van der Waals surface area (Å²) in [5, 5.41) is 8.89. The number of hydrogen-bond donors (Lipinski definition) is 2. The Bertz CT molecular complexity index is 288. The van der Waals surface area contributed by atoms with Crippen molar-refractivity contribution in [1.29, 1.82) is 0 Å². The second kappa shape index (κ2) is 4.93. The van der Waals surface area contributed by atoms with E-state index in [-0.39, 0.29) is 12.6 Å². The van der Waals surface area contributed by atoms with Crippen LogP contribution in [0.3, 0.4) is 0 Å². The van der Waals surface area contributed by atoms with Crippen LogP contribution in [0.5, 0.6) is 0 Å². The highest BCUT2D eigenvalue weighted by molar-refractivity contribution is 14.1. The number of nitrogens with two attached hydrogens (primary N) is 1. The van der Waals surface area contributed by atoms with Crippen molar-refractivity contribution in [3.8, 4) is 0 Å². The Morgan fingerprint density at radius 1 is 1.54 bits per heavy atom. The molecule has 0 saturated carbocycles. The predicted octanol–water partition coefficient (Wildman–Crippen LogP) is 1.85. The van der Waals surface area contributed by atoms with E-state index >= 15 is 0 Å². The Morgan fingerprint density at radius 3 is 2.77 bits per heavy atom. The van der Waals surface area contributed by atoms with Gasteiger partial charge < -0.3 is 10.8 Å². The molecule has 1 aromatic carbocycles. The molecule has 2 nitrogen and oxygen atoms in total. The normalized spacial score (nSPS) is 12.9. The molecule has 0 aliphatic heterocycles. The van der Waals surface area contributed by atoms with Crippen LogP contribution in [-0.4, -0.2) is 11.7 Å². The van der Waals surface area contributed by atoms with Crippen LogP contribution < -0.4 is 5.73 Å². The van der Waals surface area contributed by atoms with Gasteiger partial charge in [0.2, 0.25) is 0 Å². The van der Waals surface area contributed by atoms with E-state index in [2.05, 4.69) is 35.6 Å². The largest absolute Gasteiger partial charge is 0.394 e. The molecule has 0 aromatic heterocycles. The van der Waals surface area contributed by atoms with Gasteiger partial charge in [0.15, 0.2) is 0 Å². The Kier molecular flexibility index (Phi) is 4.15. The lowest BCUT2D eigenvalue weighted by molar-refractivity contribution is 0.268. The minimum absolute atomic E-state index is 0.00372. The van der Waals surface area contributed by atoms with Crippen molar-refractivity contribution in [2.24, 2.45) is 5.73 Å². The highest BCUT2D eigenvalue weighted by Crippen LogP contribution is 2.18. The first-order chi connectivity index (χ1) is 6.19. The van der Waals surface area contributed by atoms with Crippen LogP contribution in [-0.2, 0) is 6.42 Å². The molecule has 0 bridgehead atoms. The minimum atomic E-state index is -0.248. The zero-order chi connectivity index (χ0) is 9.84. The van der Waals surface area contributed by atoms with Crippen LogP contribution in [0.4, 0.5) is 0 Å². The first-order valence-corrected chi connectivity index (χ1v) is 5.41. The van der Waals surface area contributed by atoms with E-state index in [9.17, 15) is 0 Å². The average Bonchev–Trinajstić information content (AvgIpc) is 2.17. The Balaban J connectivity index is 2.99. The predicted molar refractivity (Wildman–Crippen MR) is 62.6 cm³/mol. The lowest BCUT2D eigenvalue weighted by Gasteiger charge is -2.10. The van der Waals surface area contributed by atoms with E-state index in [4.69, 9.17) is 10.8 Å². The maximum atomic E-state index is 8.89. The smallest absolute Gasteiger partial charge is 0.0624 e. The SMILES string of the molecule is CCc1cc(C(N)CO)ccc1I. The second-order valence-corrected chi connectivity index (χ2v) is 4.16. The maximum Gasteiger partial charge on any atom is 0.0624 e. The molecule has 0 saturated heterocycles. The summed E-state index contributed by atoms with van der Waals surface area (Å²) in [5.41, 5.74) is 8.02. The van der Waals surface area contributed by atoms with Gasteiger partial charge in [0.05, 0.1) is 12.6 Å². The van der Waals surface area contributed by atoms with Crippen LogP contribution in [0.1, 0.15) is 24.1 Å². The molecule has 0 heterocycles. The van der Waals surface area contributed by atoms with Gasteiger partial charge in [-0.25, -0.2) is 0 Å². The standard InChI is InChI=1S/C10H14INO/c1-2-7-5-8(10(12)6-13)3-4-9(7)11/h3-5,10,13H,2,6,12H2,1H3. The fraction of sp³-hybridized carbons (Fsp3) is 0.400. The fourth-order valence-electron chi connectivity index (χ4n) is 1.20. The number of aliphatic hydroxyl groups excluding tert-OH is 1. The molecule has 1 rings (SSSR count). The number of halogens is 1. The Morgan fingerprint density at radius 2 is 2.23 bits per heavy atom. The molecule has 0 aliphatic carbocycles. The van der Waals surface area contributed by atoms with Gasteiger partial charge in [-0.05, 0) is 46.2 Å². The lowest BCUT2D eigenvalue weighted by Crippen LogP contribution is -2.14. The van der Waals surface area contributed by atoms with Crippen molar-refractivity contribution in [2.75, 3.05) is 6.61 Å². The van der Waals surface area contributed by atoms with Crippen molar-refractivity contribution < 1.29 is 5.11 Å². The number of hydrogen-bond acceptors (Lipinski definition) is 2. The molecule has 0 radical (unpaired) electrons. The van der Waals surface area contributed by atoms with Gasteiger partial charge in [-0.1, -0.05) is 19.1 Å². The van der Waals surface area contributed by atoms with Gasteiger partial charge in [-0.15, -0.1) is 0 Å². The number of aliphatic hydroxyl groups is 1. The van der Waals surface area contributed by atoms with E-state index in [1.54, 1.807) is 0 Å². The molecule has 0 amide bonds. The number of aryl methyl sites for hydroxylation is 1. The third-order valence-electron chi connectivity index (χ3n) is 2.08. The quantitative estimate of drug-likeness (QED) is 0.835. The molecule has 0 aliphatic rings. The summed E-state index contributed by atoms with van der Waals surface area (Å²) in [4.78, 5) is 0. The van der Waals surface area contributed by atoms with Gasteiger partial charge in [-0.3, -0.25) is 0 Å². The van der Waals surface area contributed by atoms with Crippen molar-refractivity contribution in [1.82, 2.24) is 0 Å². The van der Waals surface area contributed by atoms with Crippen molar-refractivity contribution in [3.05, 3.63) is 32.9 Å². The number of benzene rings is 1. The Hall–Kier alpha value is -0.130. The van der Waals surface area contributed by atoms with E-state index in [1.807, 2.05) is 12.1 Å². The van der Waals surface area contributed by atoms with Gasteiger partial charge in [0.1, 0.15) is 0 Å². The van der Waals surface area contributed by atoms with Crippen LogP contribution in [0.2, 0.25) is 0 Å². The lowest BCUT2D eigenvalue weighted by atomic mass is 10.0. The van der Waals surface area contributed by atoms with Crippen molar-refractivity contribution in [3.63, 3.8) is 0 Å². The van der Waals surface area contributed by atoms with Crippen molar-refractivity contribution >= 4 is 22.6 Å². The summed E-state index contributed by atoms with van der Waals surface area (Å²) >= 11 is 2.31. The first-order valence-electron chi connectivity index (χ1n) is 4.33. The van der Waals surface area contributed by atoms with Crippen LogP contribution in [0.15, 0.2) is 18.2 Å². The average molecular weight is 291 g/mol. The molecule has 1 unspecified atom stereocenters. The molecule has 13 heavy (non-hydrogen) atoms. The van der Waals surface area contributed by atoms with Crippen LogP contribution in [0.25, 0.3) is 0 Å². The van der Waals surface area contributed by atoms with E-state index in [1.165, 1.54) is 9.13 Å². The molecule has 3 heteroatoms. The van der Waals surface area contributed by atoms with Gasteiger partial charge >= 0.3 is 0 Å². The minimum Gasteiger partial charge on any atom is -0.394 e. The van der Waals surface area contributed by atoms with Crippen molar-refractivity contribution in [2.45, 2.75) is 19.4 Å². The maximum absolute atomic E-state index is 8.89. The van der Waals surface area contributed by atoms with Crippen LogP contribution >= 0.6 is 22.6 Å². The third-order valence-corrected chi connectivity index (χ3v) is 3.13. The van der Waals surface area contributed by atoms with Gasteiger partial charge in [-0.2, -0.15) is 0 Å². The zero-order valence-electron chi connectivity index (χ0n) is 7.63. The highest BCUT2D eigenvalue weighted by atomic mass is 127. The number of rotatable bonds is 3. The monoisotopic (exact) mass is 291 g/mol. The summed E-state index contributed by atoms with van der Waals surface area (Å²) in [6.45, 7) is 2.12. The molecule has 72 valence electrons. The molecule has 1 atom stereocenters. The zero-order valence-corrected chi connectivity index (χ0v) is 9.78. The topological polar surface area (TPSA) is 46.2 Å². The van der Waals surface area contributed by atoms with E-state index in [0.717, 1.165) is 12.0 Å². The molecule has 1 aromatic rings. The molecule has 0 spiro atoms. The summed E-state index contributed by atoms with van der Waals surface area (Å²) in [6.07, 6.45) is 1.00. The first kappa shape index (κ1) is 10.9. The van der Waals surface area contributed by atoms with E-state index in [0.29, 0.717) is 0 Å². The van der Waals surface area contributed by atoms with Crippen LogP contribution in [0, 0.1) is 3.57 Å². The highest BCUT2D eigenvalue weighted by Gasteiger charge is 2.06. The summed E-state index contributed by atoms with van der Waals surface area (Å²) in [7, 11) is 0. The summed E-state index contributed by atoms with van der Waals surface area (Å²) in [6, 6.07) is 5.84. The fourth-order valence-corrected chi connectivity index (χ4v) is 1.92. The summed E-state index contributed by atoms with van der Waals surface area (Å²) in [5.74, 6) is 0. The Labute approximate surface area is 92.3 Å². The third kappa shape index (κ3) is 2.65. The van der Waals surface area contributed by atoms with E-state index < -0.39 is 0 Å². The molecule has 3 N–H and O–H groups in total. The van der Waals surface area contributed by atoms with Gasteiger partial charge in [0, 0.05) is 3.57 Å². The molecular formula is C10H14INO. The molecular weight excluding hydrogens is 277 g/mol. The molecule has 0 fully saturated rings. The van der Waals surface area contributed by atoms with Gasteiger partial charge in [0.25, 0.3) is 0 Å². The second-order valence-electron chi connectivity index (χ2n) is 2.99. The summed E-state index contributed by atoms with van der Waals surface area (Å²) < 4.78 is 1.26.